The molecule has 1 unspecified atom stereocenters. The van der Waals surface area contributed by atoms with E-state index < -0.39 is 8.32 Å². The van der Waals surface area contributed by atoms with Gasteiger partial charge >= 0.3 is 0 Å². The molecule has 132 valence electrons. The van der Waals surface area contributed by atoms with Gasteiger partial charge in [0.05, 0.1) is 18.5 Å². The molecular formula is C21H28N2OSi. The highest BCUT2D eigenvalue weighted by Gasteiger charge is 2.50. The van der Waals surface area contributed by atoms with Gasteiger partial charge in [0.25, 0.3) is 8.32 Å². The van der Waals surface area contributed by atoms with Crippen molar-refractivity contribution in [3.63, 3.8) is 0 Å². The Morgan fingerprint density at radius 2 is 1.52 bits per heavy atom. The third-order valence-corrected chi connectivity index (χ3v) is 10.00. The van der Waals surface area contributed by atoms with Crippen LogP contribution in [0.5, 0.6) is 0 Å². The van der Waals surface area contributed by atoms with Gasteiger partial charge in [0.15, 0.2) is 0 Å². The fourth-order valence-electron chi connectivity index (χ4n) is 3.78. The molecule has 4 heteroatoms. The van der Waals surface area contributed by atoms with Crippen molar-refractivity contribution in [1.29, 1.82) is 0 Å². The fraction of sp³-hybridized carbons (Fsp3) is 0.381. The summed E-state index contributed by atoms with van der Waals surface area (Å²) in [6, 6.07) is 21.6. The van der Waals surface area contributed by atoms with Crippen LogP contribution in [-0.2, 0) is 4.43 Å². The monoisotopic (exact) mass is 352 g/mol. The van der Waals surface area contributed by atoms with E-state index in [0.717, 1.165) is 18.7 Å². The average Bonchev–Trinajstić information content (AvgIpc) is 3.02. The van der Waals surface area contributed by atoms with Crippen molar-refractivity contribution in [3.8, 4) is 0 Å². The summed E-state index contributed by atoms with van der Waals surface area (Å²) in [5.41, 5.74) is 5.88. The molecule has 0 saturated heterocycles. The Kier molecular flexibility index (Phi) is 5.11. The van der Waals surface area contributed by atoms with Crippen LogP contribution in [0, 0.1) is 0 Å². The molecule has 2 aromatic rings. The van der Waals surface area contributed by atoms with Gasteiger partial charge in [-0.3, -0.25) is 4.99 Å². The quantitative estimate of drug-likeness (QED) is 0.841. The third-order valence-electron chi connectivity index (χ3n) is 4.99. The van der Waals surface area contributed by atoms with Crippen LogP contribution >= 0.6 is 0 Å². The minimum absolute atomic E-state index is 0.00354. The number of amidine groups is 1. The van der Waals surface area contributed by atoms with Gasteiger partial charge in [-0.2, -0.15) is 0 Å². The van der Waals surface area contributed by atoms with Crippen molar-refractivity contribution in [3.05, 3.63) is 60.7 Å². The zero-order valence-electron chi connectivity index (χ0n) is 15.4. The van der Waals surface area contributed by atoms with E-state index in [-0.39, 0.29) is 11.1 Å². The highest BCUT2D eigenvalue weighted by molar-refractivity contribution is 6.99. The fourth-order valence-corrected chi connectivity index (χ4v) is 8.38. The standard InChI is InChI=1S/C21H28N2OSi/c1-21(2,3)25(18-10-6-4-7-11-18,19-12-8-5-9-13-19)24-16-17-14-15-20(22)23-17/h4-13,17H,14-16H2,1-3H3,(H2,22,23). The first-order valence-corrected chi connectivity index (χ1v) is 10.9. The van der Waals surface area contributed by atoms with Crippen molar-refractivity contribution < 1.29 is 4.43 Å². The lowest BCUT2D eigenvalue weighted by Gasteiger charge is -2.43. The molecule has 1 atom stereocenters. The molecule has 3 rings (SSSR count). The van der Waals surface area contributed by atoms with Crippen LogP contribution in [0.1, 0.15) is 33.6 Å². The first-order valence-electron chi connectivity index (χ1n) is 9.00. The largest absolute Gasteiger partial charge is 0.405 e. The maximum absolute atomic E-state index is 6.87. The molecule has 0 radical (unpaired) electrons. The molecule has 0 aromatic heterocycles. The Morgan fingerprint density at radius 1 is 1.00 bits per heavy atom. The Labute approximate surface area is 152 Å². The molecule has 1 aliphatic rings. The summed E-state index contributed by atoms with van der Waals surface area (Å²) in [4.78, 5) is 4.55. The first-order chi connectivity index (χ1) is 11.9. The number of aliphatic imine (C=N–C) groups is 1. The molecule has 0 saturated carbocycles. The molecule has 0 spiro atoms. The highest BCUT2D eigenvalue weighted by atomic mass is 28.4. The average molecular weight is 353 g/mol. The van der Waals surface area contributed by atoms with Gasteiger partial charge in [-0.15, -0.1) is 0 Å². The van der Waals surface area contributed by atoms with Gasteiger partial charge < -0.3 is 10.2 Å². The van der Waals surface area contributed by atoms with Crippen LogP contribution < -0.4 is 16.1 Å². The molecule has 3 nitrogen and oxygen atoms in total. The summed E-state index contributed by atoms with van der Waals surface area (Å²) in [7, 11) is -2.45. The van der Waals surface area contributed by atoms with Crippen LogP contribution in [0.2, 0.25) is 5.04 Å². The van der Waals surface area contributed by atoms with E-state index in [2.05, 4.69) is 86.4 Å². The zero-order chi connectivity index (χ0) is 17.9. The maximum atomic E-state index is 6.87. The molecule has 1 aliphatic heterocycles. The van der Waals surface area contributed by atoms with E-state index in [1.807, 2.05) is 0 Å². The summed E-state index contributed by atoms with van der Waals surface area (Å²) in [6.45, 7) is 7.52. The number of nitrogens with two attached hydrogens (primary N) is 1. The number of nitrogens with zero attached hydrogens (tertiary/aromatic N) is 1. The molecule has 0 amide bonds. The summed E-state index contributed by atoms with van der Waals surface area (Å²) < 4.78 is 6.87. The van der Waals surface area contributed by atoms with Crippen LogP contribution in [0.25, 0.3) is 0 Å². The van der Waals surface area contributed by atoms with Gasteiger partial charge in [0.2, 0.25) is 0 Å². The normalized spacial score (nSPS) is 18.2. The second-order valence-electron chi connectivity index (χ2n) is 7.79. The van der Waals surface area contributed by atoms with Gasteiger partial charge in [0, 0.05) is 6.42 Å². The van der Waals surface area contributed by atoms with Gasteiger partial charge in [0.1, 0.15) is 0 Å². The zero-order valence-corrected chi connectivity index (χ0v) is 16.4. The van der Waals surface area contributed by atoms with E-state index in [4.69, 9.17) is 10.2 Å². The third kappa shape index (κ3) is 3.55. The molecule has 2 aromatic carbocycles. The minimum atomic E-state index is -2.45. The van der Waals surface area contributed by atoms with E-state index in [9.17, 15) is 0 Å². The highest BCUT2D eigenvalue weighted by Crippen LogP contribution is 2.37. The van der Waals surface area contributed by atoms with Crippen LogP contribution in [0.3, 0.4) is 0 Å². The Morgan fingerprint density at radius 3 is 1.92 bits per heavy atom. The van der Waals surface area contributed by atoms with E-state index in [1.165, 1.54) is 10.4 Å². The summed E-state index contributed by atoms with van der Waals surface area (Å²) in [5, 5.41) is 2.62. The van der Waals surface area contributed by atoms with Gasteiger partial charge in [-0.05, 0) is 21.8 Å². The van der Waals surface area contributed by atoms with E-state index >= 15 is 0 Å². The Bertz CT molecular complexity index is 683. The predicted molar refractivity (Wildman–Crippen MR) is 108 cm³/mol. The maximum Gasteiger partial charge on any atom is 0.261 e. The Hall–Kier alpha value is -1.91. The van der Waals surface area contributed by atoms with Crippen LogP contribution in [0.4, 0.5) is 0 Å². The van der Waals surface area contributed by atoms with Crippen molar-refractivity contribution >= 4 is 24.5 Å². The predicted octanol–water partition coefficient (Wildman–Crippen LogP) is 3.08. The number of hydrogen-bond donors (Lipinski definition) is 1. The van der Waals surface area contributed by atoms with E-state index in [0.29, 0.717) is 6.61 Å². The molecule has 0 fully saturated rings. The topological polar surface area (TPSA) is 47.6 Å². The lowest BCUT2D eigenvalue weighted by atomic mass is 10.2. The van der Waals surface area contributed by atoms with Crippen molar-refractivity contribution in [2.24, 2.45) is 10.7 Å². The van der Waals surface area contributed by atoms with Gasteiger partial charge in [-0.25, -0.2) is 0 Å². The van der Waals surface area contributed by atoms with Crippen molar-refractivity contribution in [2.45, 2.75) is 44.7 Å². The van der Waals surface area contributed by atoms with Crippen LogP contribution in [-0.4, -0.2) is 26.8 Å². The van der Waals surface area contributed by atoms with Crippen LogP contribution in [0.15, 0.2) is 65.7 Å². The SMILES string of the molecule is CC(C)(C)[Si](OCC1CCC(N)=N1)(c1ccccc1)c1ccccc1. The molecule has 2 N–H and O–H groups in total. The summed E-state index contributed by atoms with van der Waals surface area (Å²) in [6.07, 6.45) is 1.87. The number of benzene rings is 2. The summed E-state index contributed by atoms with van der Waals surface area (Å²) >= 11 is 0. The Balaban J connectivity index is 2.05. The number of rotatable bonds is 5. The minimum Gasteiger partial charge on any atom is -0.405 e. The molecule has 1 heterocycles. The lowest BCUT2D eigenvalue weighted by molar-refractivity contribution is 0.272. The molecule has 25 heavy (non-hydrogen) atoms. The first kappa shape index (κ1) is 17.9. The van der Waals surface area contributed by atoms with E-state index in [1.54, 1.807) is 0 Å². The number of hydrogen-bond acceptors (Lipinski definition) is 3. The van der Waals surface area contributed by atoms with Crippen molar-refractivity contribution in [1.82, 2.24) is 0 Å². The van der Waals surface area contributed by atoms with Gasteiger partial charge in [-0.1, -0.05) is 81.4 Å². The molecule has 0 bridgehead atoms. The smallest absolute Gasteiger partial charge is 0.261 e. The summed E-state index contributed by atoms with van der Waals surface area (Å²) in [5.74, 6) is 0.760. The molecule has 0 aliphatic carbocycles. The second kappa shape index (κ2) is 7.14. The van der Waals surface area contributed by atoms with Crippen molar-refractivity contribution in [2.75, 3.05) is 6.61 Å². The molecular weight excluding hydrogens is 324 g/mol. The lowest BCUT2D eigenvalue weighted by Crippen LogP contribution is -2.67. The second-order valence-corrected chi connectivity index (χ2v) is 12.1.